The molecular weight excluding hydrogens is 254 g/mol. The minimum absolute atomic E-state index is 0.622. The summed E-state index contributed by atoms with van der Waals surface area (Å²) in [6.07, 6.45) is 5.67. The first-order chi connectivity index (χ1) is 9.78. The monoisotopic (exact) mass is 275 g/mol. The molecule has 2 heterocycles. The normalized spacial score (nSPS) is 10.5. The molecule has 0 aromatic carbocycles. The molecule has 20 heavy (non-hydrogen) atoms. The van der Waals surface area contributed by atoms with E-state index in [9.17, 15) is 0 Å². The zero-order valence-corrected chi connectivity index (χ0v) is 12.0. The SMILES string of the molecule is CCCOc1cc(C)nc(NCCCn2cccn2)n1. The molecule has 0 saturated carbocycles. The number of aromatic nitrogens is 4. The van der Waals surface area contributed by atoms with Crippen LogP contribution in [0.4, 0.5) is 5.95 Å². The molecule has 2 aromatic rings. The number of ether oxygens (including phenoxy) is 1. The van der Waals surface area contributed by atoms with Gasteiger partial charge in [0.15, 0.2) is 0 Å². The Labute approximate surface area is 119 Å². The van der Waals surface area contributed by atoms with E-state index in [0.717, 1.165) is 31.6 Å². The summed E-state index contributed by atoms with van der Waals surface area (Å²) >= 11 is 0. The number of nitrogens with zero attached hydrogens (tertiary/aromatic N) is 4. The lowest BCUT2D eigenvalue weighted by atomic mass is 10.4. The van der Waals surface area contributed by atoms with Crippen LogP contribution in [0.2, 0.25) is 0 Å². The Kier molecular flexibility index (Phi) is 5.34. The van der Waals surface area contributed by atoms with Crippen LogP contribution in [0.1, 0.15) is 25.5 Å². The summed E-state index contributed by atoms with van der Waals surface area (Å²) < 4.78 is 7.45. The lowest BCUT2D eigenvalue weighted by molar-refractivity contribution is 0.305. The zero-order chi connectivity index (χ0) is 14.2. The third-order valence-electron chi connectivity index (χ3n) is 2.69. The quantitative estimate of drug-likeness (QED) is 0.749. The highest BCUT2D eigenvalue weighted by atomic mass is 16.5. The van der Waals surface area contributed by atoms with Gasteiger partial charge in [0.2, 0.25) is 11.8 Å². The first kappa shape index (κ1) is 14.3. The number of aryl methyl sites for hydroxylation is 2. The molecule has 0 aliphatic heterocycles. The molecule has 6 heteroatoms. The maximum Gasteiger partial charge on any atom is 0.226 e. The molecule has 2 rings (SSSR count). The Balaban J connectivity index is 1.80. The highest BCUT2D eigenvalue weighted by molar-refractivity contribution is 5.30. The van der Waals surface area contributed by atoms with E-state index >= 15 is 0 Å². The van der Waals surface area contributed by atoms with Gasteiger partial charge in [-0.1, -0.05) is 6.92 Å². The molecule has 0 atom stereocenters. The number of anilines is 1. The van der Waals surface area contributed by atoms with Gasteiger partial charge in [-0.25, -0.2) is 4.98 Å². The van der Waals surface area contributed by atoms with Gasteiger partial charge in [0.25, 0.3) is 0 Å². The first-order valence-electron chi connectivity index (χ1n) is 6.97. The fraction of sp³-hybridized carbons (Fsp3) is 0.500. The highest BCUT2D eigenvalue weighted by Gasteiger charge is 2.02. The Bertz CT molecular complexity index is 512. The third kappa shape index (κ3) is 4.53. The summed E-state index contributed by atoms with van der Waals surface area (Å²) in [5.41, 5.74) is 0.903. The standard InChI is InChI=1S/C14H21N5O/c1-3-10-20-13-11-12(2)17-14(18-13)15-6-4-8-19-9-5-7-16-19/h5,7,9,11H,3-4,6,8,10H2,1-2H3,(H,15,17,18). The predicted molar refractivity (Wildman–Crippen MR) is 77.9 cm³/mol. The van der Waals surface area contributed by atoms with Gasteiger partial charge in [0.05, 0.1) is 6.61 Å². The fourth-order valence-corrected chi connectivity index (χ4v) is 1.77. The van der Waals surface area contributed by atoms with E-state index in [0.29, 0.717) is 18.4 Å². The molecule has 0 bridgehead atoms. The van der Waals surface area contributed by atoms with Crippen LogP contribution >= 0.6 is 0 Å². The van der Waals surface area contributed by atoms with Crippen molar-refractivity contribution in [3.8, 4) is 5.88 Å². The average molecular weight is 275 g/mol. The smallest absolute Gasteiger partial charge is 0.226 e. The van der Waals surface area contributed by atoms with Crippen molar-refractivity contribution >= 4 is 5.95 Å². The van der Waals surface area contributed by atoms with E-state index in [2.05, 4.69) is 27.3 Å². The molecule has 0 radical (unpaired) electrons. The molecule has 1 N–H and O–H groups in total. The minimum atomic E-state index is 0.622. The second-order valence-electron chi connectivity index (χ2n) is 4.57. The average Bonchev–Trinajstić information content (AvgIpc) is 2.94. The lowest BCUT2D eigenvalue weighted by Gasteiger charge is -2.09. The van der Waals surface area contributed by atoms with Gasteiger partial charge in [-0.2, -0.15) is 10.1 Å². The van der Waals surface area contributed by atoms with Crippen molar-refractivity contribution in [3.05, 3.63) is 30.2 Å². The van der Waals surface area contributed by atoms with Crippen LogP contribution in [0.5, 0.6) is 5.88 Å². The number of hydrogen-bond acceptors (Lipinski definition) is 5. The van der Waals surface area contributed by atoms with Gasteiger partial charge >= 0.3 is 0 Å². The Morgan fingerprint density at radius 3 is 3.00 bits per heavy atom. The lowest BCUT2D eigenvalue weighted by Crippen LogP contribution is -2.10. The van der Waals surface area contributed by atoms with Gasteiger partial charge in [-0.3, -0.25) is 4.68 Å². The van der Waals surface area contributed by atoms with Crippen LogP contribution in [-0.4, -0.2) is 32.9 Å². The van der Waals surface area contributed by atoms with Crippen molar-refractivity contribution in [2.75, 3.05) is 18.5 Å². The third-order valence-corrected chi connectivity index (χ3v) is 2.69. The van der Waals surface area contributed by atoms with Gasteiger partial charge in [0.1, 0.15) is 0 Å². The molecule has 108 valence electrons. The number of hydrogen-bond donors (Lipinski definition) is 1. The summed E-state index contributed by atoms with van der Waals surface area (Å²) in [7, 11) is 0. The predicted octanol–water partition coefficient (Wildman–Crippen LogP) is 2.27. The summed E-state index contributed by atoms with van der Waals surface area (Å²) in [4.78, 5) is 8.69. The molecule has 0 fully saturated rings. The van der Waals surface area contributed by atoms with Crippen LogP contribution in [0, 0.1) is 6.92 Å². The second-order valence-corrected chi connectivity index (χ2v) is 4.57. The van der Waals surface area contributed by atoms with Crippen LogP contribution < -0.4 is 10.1 Å². The molecule has 0 saturated heterocycles. The van der Waals surface area contributed by atoms with Crippen LogP contribution in [0.25, 0.3) is 0 Å². The van der Waals surface area contributed by atoms with Gasteiger partial charge < -0.3 is 10.1 Å². The molecule has 2 aromatic heterocycles. The zero-order valence-electron chi connectivity index (χ0n) is 12.0. The summed E-state index contributed by atoms with van der Waals surface area (Å²) in [5.74, 6) is 1.26. The Morgan fingerprint density at radius 2 is 2.25 bits per heavy atom. The maximum atomic E-state index is 5.54. The molecule has 0 spiro atoms. The van der Waals surface area contributed by atoms with Crippen molar-refractivity contribution in [1.82, 2.24) is 19.7 Å². The molecule has 6 nitrogen and oxygen atoms in total. The van der Waals surface area contributed by atoms with E-state index in [4.69, 9.17) is 4.74 Å². The van der Waals surface area contributed by atoms with Gasteiger partial charge in [-0.05, 0) is 25.8 Å². The van der Waals surface area contributed by atoms with Crippen LogP contribution in [0.3, 0.4) is 0 Å². The van der Waals surface area contributed by atoms with Crippen LogP contribution in [-0.2, 0) is 6.54 Å². The molecule has 0 aliphatic rings. The number of rotatable bonds is 8. The topological polar surface area (TPSA) is 64.9 Å². The fourth-order valence-electron chi connectivity index (χ4n) is 1.77. The van der Waals surface area contributed by atoms with E-state index in [-0.39, 0.29) is 0 Å². The van der Waals surface area contributed by atoms with Gasteiger partial charge in [0, 0.05) is 37.2 Å². The van der Waals surface area contributed by atoms with Crippen LogP contribution in [0.15, 0.2) is 24.5 Å². The summed E-state index contributed by atoms with van der Waals surface area (Å²) in [6.45, 7) is 6.37. The molecule has 0 unspecified atom stereocenters. The van der Waals surface area contributed by atoms with Crippen molar-refractivity contribution in [2.24, 2.45) is 0 Å². The van der Waals surface area contributed by atoms with Crippen molar-refractivity contribution in [3.63, 3.8) is 0 Å². The Morgan fingerprint density at radius 1 is 1.35 bits per heavy atom. The minimum Gasteiger partial charge on any atom is -0.478 e. The van der Waals surface area contributed by atoms with E-state index in [1.165, 1.54) is 0 Å². The second kappa shape index (κ2) is 7.47. The Hall–Kier alpha value is -2.11. The summed E-state index contributed by atoms with van der Waals surface area (Å²) in [6, 6.07) is 3.78. The maximum absolute atomic E-state index is 5.54. The van der Waals surface area contributed by atoms with Crippen molar-refractivity contribution in [2.45, 2.75) is 33.2 Å². The summed E-state index contributed by atoms with van der Waals surface area (Å²) in [5, 5.41) is 7.38. The van der Waals surface area contributed by atoms with E-state index in [1.54, 1.807) is 6.20 Å². The van der Waals surface area contributed by atoms with E-state index < -0.39 is 0 Å². The van der Waals surface area contributed by atoms with E-state index in [1.807, 2.05) is 29.9 Å². The molecular formula is C14H21N5O. The van der Waals surface area contributed by atoms with Gasteiger partial charge in [-0.15, -0.1) is 0 Å². The first-order valence-corrected chi connectivity index (χ1v) is 6.97. The molecule has 0 amide bonds. The largest absolute Gasteiger partial charge is 0.478 e. The number of nitrogens with one attached hydrogen (secondary N) is 1. The molecule has 0 aliphatic carbocycles. The highest BCUT2D eigenvalue weighted by Crippen LogP contribution is 2.12. The van der Waals surface area contributed by atoms with Crippen molar-refractivity contribution in [1.29, 1.82) is 0 Å². The van der Waals surface area contributed by atoms with Crippen molar-refractivity contribution < 1.29 is 4.74 Å².